The molecule has 26 heavy (non-hydrogen) atoms. The van der Waals surface area contributed by atoms with E-state index in [-0.39, 0.29) is 11.8 Å². The Bertz CT molecular complexity index is 870. The maximum atomic E-state index is 12.8. The van der Waals surface area contributed by atoms with Gasteiger partial charge < -0.3 is 9.80 Å². The van der Waals surface area contributed by atoms with Crippen molar-refractivity contribution in [2.45, 2.75) is 19.4 Å². The highest BCUT2D eigenvalue weighted by Crippen LogP contribution is 2.31. The lowest BCUT2D eigenvalue weighted by molar-refractivity contribution is -0.117. The third-order valence-electron chi connectivity index (χ3n) is 4.34. The second-order valence-corrected chi connectivity index (χ2v) is 7.38. The molecule has 0 bridgehead atoms. The van der Waals surface area contributed by atoms with Crippen molar-refractivity contribution in [1.82, 2.24) is 4.90 Å². The lowest BCUT2D eigenvalue weighted by Gasteiger charge is -2.21. The fourth-order valence-corrected chi connectivity index (χ4v) is 3.57. The van der Waals surface area contributed by atoms with Gasteiger partial charge in [0.15, 0.2) is 0 Å². The molecule has 0 radical (unpaired) electrons. The van der Waals surface area contributed by atoms with E-state index in [0.29, 0.717) is 45.8 Å². The summed E-state index contributed by atoms with van der Waals surface area (Å²) >= 11 is 18.5. The van der Waals surface area contributed by atoms with Crippen LogP contribution in [0.5, 0.6) is 0 Å². The maximum absolute atomic E-state index is 12.8. The Labute approximate surface area is 167 Å². The van der Waals surface area contributed by atoms with Gasteiger partial charge in [-0.2, -0.15) is 0 Å². The molecule has 2 amide bonds. The summed E-state index contributed by atoms with van der Waals surface area (Å²) in [5.41, 5.74) is 1.80. The van der Waals surface area contributed by atoms with Crippen LogP contribution in [-0.4, -0.2) is 30.3 Å². The van der Waals surface area contributed by atoms with Crippen LogP contribution in [0.15, 0.2) is 36.4 Å². The number of hydrogen-bond donors (Lipinski definition) is 0. The minimum Gasteiger partial charge on any atom is -0.337 e. The molecule has 4 nitrogen and oxygen atoms in total. The fourth-order valence-electron chi connectivity index (χ4n) is 2.97. The van der Waals surface area contributed by atoms with E-state index in [1.165, 1.54) is 0 Å². The smallest absolute Gasteiger partial charge is 0.253 e. The average molecular weight is 412 g/mol. The van der Waals surface area contributed by atoms with Crippen LogP contribution in [-0.2, 0) is 11.3 Å². The number of amides is 2. The van der Waals surface area contributed by atoms with Gasteiger partial charge in [0.1, 0.15) is 0 Å². The molecule has 0 aromatic heterocycles. The molecule has 136 valence electrons. The predicted octanol–water partition coefficient (Wildman–Crippen LogP) is 5.05. The summed E-state index contributed by atoms with van der Waals surface area (Å²) in [5.74, 6) is -0.166. The Balaban J connectivity index is 1.83. The van der Waals surface area contributed by atoms with Crippen LogP contribution in [0.1, 0.15) is 28.8 Å². The summed E-state index contributed by atoms with van der Waals surface area (Å²) in [4.78, 5) is 28.0. The average Bonchev–Trinajstić information content (AvgIpc) is 3.04. The highest BCUT2D eigenvalue weighted by Gasteiger charge is 2.25. The van der Waals surface area contributed by atoms with Crippen molar-refractivity contribution >= 4 is 52.3 Å². The quantitative estimate of drug-likeness (QED) is 0.706. The zero-order valence-corrected chi connectivity index (χ0v) is 16.4. The Morgan fingerprint density at radius 3 is 2.62 bits per heavy atom. The van der Waals surface area contributed by atoms with Gasteiger partial charge in [0.2, 0.25) is 5.91 Å². The molecule has 0 N–H and O–H groups in total. The van der Waals surface area contributed by atoms with Crippen molar-refractivity contribution in [3.8, 4) is 0 Å². The SMILES string of the molecule is CN(Cc1cccc(Cl)c1Cl)C(=O)c1ccc(Cl)c(N2CCCC2=O)c1. The van der Waals surface area contributed by atoms with Crippen LogP contribution in [0.4, 0.5) is 5.69 Å². The van der Waals surface area contributed by atoms with Gasteiger partial charge in [0, 0.05) is 32.1 Å². The van der Waals surface area contributed by atoms with Gasteiger partial charge in [-0.15, -0.1) is 0 Å². The Morgan fingerprint density at radius 1 is 1.15 bits per heavy atom. The van der Waals surface area contributed by atoms with Gasteiger partial charge in [-0.1, -0.05) is 46.9 Å². The molecule has 1 fully saturated rings. The van der Waals surface area contributed by atoms with Crippen LogP contribution in [0.25, 0.3) is 0 Å². The molecule has 1 heterocycles. The van der Waals surface area contributed by atoms with Crippen LogP contribution in [0.3, 0.4) is 0 Å². The first-order valence-electron chi connectivity index (χ1n) is 8.16. The van der Waals surface area contributed by atoms with E-state index in [1.807, 2.05) is 6.07 Å². The van der Waals surface area contributed by atoms with E-state index < -0.39 is 0 Å². The Kier molecular flexibility index (Phi) is 5.76. The van der Waals surface area contributed by atoms with E-state index in [2.05, 4.69) is 0 Å². The predicted molar refractivity (Wildman–Crippen MR) is 105 cm³/mol. The summed E-state index contributed by atoms with van der Waals surface area (Å²) in [6.45, 7) is 0.934. The molecule has 0 saturated carbocycles. The number of halogens is 3. The standard InChI is InChI=1S/C19H17Cl3N2O2/c1-23(11-13-4-2-5-15(21)18(13)22)19(26)12-7-8-14(20)16(10-12)24-9-3-6-17(24)25/h2,4-5,7-8,10H,3,6,9,11H2,1H3. The molecule has 0 unspecified atom stereocenters. The number of hydrogen-bond acceptors (Lipinski definition) is 2. The molecule has 1 aliphatic heterocycles. The second kappa shape index (κ2) is 7.87. The first kappa shape index (κ1) is 19.0. The molecule has 3 rings (SSSR count). The highest BCUT2D eigenvalue weighted by atomic mass is 35.5. The van der Waals surface area contributed by atoms with Crippen molar-refractivity contribution in [1.29, 1.82) is 0 Å². The fraction of sp³-hybridized carbons (Fsp3) is 0.263. The highest BCUT2D eigenvalue weighted by molar-refractivity contribution is 6.42. The van der Waals surface area contributed by atoms with Crippen LogP contribution < -0.4 is 4.90 Å². The number of carbonyl (C=O) groups is 2. The normalized spacial score (nSPS) is 14.0. The first-order valence-corrected chi connectivity index (χ1v) is 9.30. The maximum Gasteiger partial charge on any atom is 0.253 e. The minimum atomic E-state index is -0.189. The van der Waals surface area contributed by atoms with Gasteiger partial charge >= 0.3 is 0 Å². The monoisotopic (exact) mass is 410 g/mol. The summed E-state index contributed by atoms with van der Waals surface area (Å²) in [5, 5.41) is 1.34. The number of nitrogens with zero attached hydrogens (tertiary/aromatic N) is 2. The van der Waals surface area contributed by atoms with E-state index in [9.17, 15) is 9.59 Å². The number of rotatable bonds is 4. The zero-order chi connectivity index (χ0) is 18.8. The lowest BCUT2D eigenvalue weighted by atomic mass is 10.1. The summed E-state index contributed by atoms with van der Waals surface area (Å²) in [6.07, 6.45) is 1.29. The summed E-state index contributed by atoms with van der Waals surface area (Å²) in [6, 6.07) is 10.3. The van der Waals surface area contributed by atoms with Crippen molar-refractivity contribution in [2.75, 3.05) is 18.5 Å². The minimum absolute atomic E-state index is 0.0237. The first-order chi connectivity index (χ1) is 12.4. The van der Waals surface area contributed by atoms with E-state index in [0.717, 1.165) is 12.0 Å². The zero-order valence-electron chi connectivity index (χ0n) is 14.1. The summed E-state index contributed by atoms with van der Waals surface area (Å²) in [7, 11) is 1.69. The Morgan fingerprint density at radius 2 is 1.92 bits per heavy atom. The van der Waals surface area contributed by atoms with E-state index >= 15 is 0 Å². The molecule has 7 heteroatoms. The van der Waals surface area contributed by atoms with Crippen molar-refractivity contribution in [2.24, 2.45) is 0 Å². The molecule has 0 aliphatic carbocycles. The number of carbonyl (C=O) groups excluding carboxylic acids is 2. The largest absolute Gasteiger partial charge is 0.337 e. The van der Waals surface area contributed by atoms with Crippen LogP contribution in [0, 0.1) is 0 Å². The van der Waals surface area contributed by atoms with E-state index in [4.69, 9.17) is 34.8 Å². The van der Waals surface area contributed by atoms with Gasteiger partial charge in [-0.3, -0.25) is 9.59 Å². The molecule has 1 saturated heterocycles. The third kappa shape index (κ3) is 3.83. The number of anilines is 1. The van der Waals surface area contributed by atoms with Crippen LogP contribution >= 0.6 is 34.8 Å². The molecular formula is C19H17Cl3N2O2. The van der Waals surface area contributed by atoms with Gasteiger partial charge in [0.25, 0.3) is 5.91 Å². The van der Waals surface area contributed by atoms with Gasteiger partial charge in [0.05, 0.1) is 20.8 Å². The Hall–Kier alpha value is -1.75. The molecule has 0 spiro atoms. The summed E-state index contributed by atoms with van der Waals surface area (Å²) < 4.78 is 0. The number of benzene rings is 2. The second-order valence-electron chi connectivity index (χ2n) is 6.19. The topological polar surface area (TPSA) is 40.6 Å². The lowest BCUT2D eigenvalue weighted by Crippen LogP contribution is -2.28. The molecule has 2 aromatic rings. The van der Waals surface area contributed by atoms with Crippen molar-refractivity contribution < 1.29 is 9.59 Å². The van der Waals surface area contributed by atoms with E-state index in [1.54, 1.807) is 47.2 Å². The van der Waals surface area contributed by atoms with Gasteiger partial charge in [-0.05, 0) is 36.2 Å². The molecule has 2 aromatic carbocycles. The van der Waals surface area contributed by atoms with Crippen molar-refractivity contribution in [3.05, 3.63) is 62.6 Å². The van der Waals surface area contributed by atoms with Crippen LogP contribution in [0.2, 0.25) is 15.1 Å². The third-order valence-corrected chi connectivity index (χ3v) is 5.52. The molecule has 0 atom stereocenters. The molecular weight excluding hydrogens is 395 g/mol. The van der Waals surface area contributed by atoms with Crippen molar-refractivity contribution in [3.63, 3.8) is 0 Å². The molecule has 1 aliphatic rings. The van der Waals surface area contributed by atoms with Gasteiger partial charge in [-0.25, -0.2) is 0 Å².